The summed E-state index contributed by atoms with van der Waals surface area (Å²) >= 11 is 0. The van der Waals surface area contributed by atoms with Crippen LogP contribution in [0.3, 0.4) is 0 Å². The van der Waals surface area contributed by atoms with Gasteiger partial charge in [-0.3, -0.25) is 9.69 Å². The minimum Gasteiger partial charge on any atom is -0.862 e. The van der Waals surface area contributed by atoms with Crippen LogP contribution in [0.2, 0.25) is 0 Å². The van der Waals surface area contributed by atoms with Gasteiger partial charge in [0.05, 0.1) is 13.1 Å². The Morgan fingerprint density at radius 1 is 1.27 bits per heavy atom. The molecule has 0 aliphatic carbocycles. The van der Waals surface area contributed by atoms with Gasteiger partial charge in [-0.15, -0.1) is 0 Å². The van der Waals surface area contributed by atoms with Crippen molar-refractivity contribution in [2.75, 3.05) is 32.8 Å². The van der Waals surface area contributed by atoms with Gasteiger partial charge in [0.1, 0.15) is 0 Å². The van der Waals surface area contributed by atoms with Gasteiger partial charge in [0.2, 0.25) is 0 Å². The van der Waals surface area contributed by atoms with Gasteiger partial charge >= 0.3 is 24.8 Å². The summed E-state index contributed by atoms with van der Waals surface area (Å²) in [7, 11) is 0. The maximum Gasteiger partial charge on any atom is 1.00 e. The zero-order valence-electron chi connectivity index (χ0n) is 13.8. The van der Waals surface area contributed by atoms with Crippen molar-refractivity contribution in [1.82, 2.24) is 4.90 Å². The molecule has 0 atom stereocenters. The van der Waals surface area contributed by atoms with Crippen molar-refractivity contribution in [3.05, 3.63) is 12.2 Å². The summed E-state index contributed by atoms with van der Waals surface area (Å²) < 4.78 is 0. The Morgan fingerprint density at radius 3 is 2.59 bits per heavy atom. The molecule has 0 aliphatic rings. The van der Waals surface area contributed by atoms with Crippen LogP contribution in [0.5, 0.6) is 0 Å². The van der Waals surface area contributed by atoms with Gasteiger partial charge < -0.3 is 20.3 Å². The smallest absolute Gasteiger partial charge is 0.862 e. The molecule has 2 N–H and O–H groups in total. The number of nitrogens with zero attached hydrogens (tertiary/aromatic N) is 2. The van der Waals surface area contributed by atoms with Gasteiger partial charge in [0.25, 0.3) is 0 Å². The summed E-state index contributed by atoms with van der Waals surface area (Å²) in [4.78, 5) is 16.3. The first-order valence-corrected chi connectivity index (χ1v) is 7.50. The molecule has 6 nitrogen and oxygen atoms in total. The Bertz CT molecular complexity index is 336. The molecule has 0 radical (unpaired) electrons. The van der Waals surface area contributed by atoms with E-state index in [1.807, 2.05) is 0 Å². The zero-order chi connectivity index (χ0) is 15.9. The molecule has 0 spiro atoms. The van der Waals surface area contributed by atoms with Crippen molar-refractivity contribution in [3.8, 4) is 0 Å². The van der Waals surface area contributed by atoms with E-state index in [1.54, 1.807) is 4.90 Å². The van der Waals surface area contributed by atoms with E-state index >= 15 is 0 Å². The number of carbonyl (C=O) groups is 1. The average Bonchev–Trinajstić information content (AvgIpc) is 2.43. The Labute approximate surface area is 145 Å². The van der Waals surface area contributed by atoms with Gasteiger partial charge in [0.15, 0.2) is 0 Å². The van der Waals surface area contributed by atoms with Gasteiger partial charge in [-0.1, -0.05) is 19.1 Å². The van der Waals surface area contributed by atoms with E-state index in [1.165, 1.54) is 0 Å². The molecule has 0 bridgehead atoms. The first kappa shape index (κ1) is 23.5. The fraction of sp³-hybridized carbons (Fsp3) is 0.733. The number of aliphatic imine (C=N–C) groups is 1. The molecular weight excluding hydrogens is 279 g/mol. The maximum atomic E-state index is 11.5. The molecule has 0 unspecified atom stereocenters. The Hall–Kier alpha value is -0.803. The number of carboxylic acids is 1. The molecule has 0 fully saturated rings. The Balaban J connectivity index is 0. The number of aliphatic carboxylic acids is 1. The summed E-state index contributed by atoms with van der Waals surface area (Å²) in [5.41, 5.74) is 0. The standard InChI is InChI=1S/C15H28N2O4.Li/c1-2-3-4-5-6-8-14(19)16-9-11-17(10-7-12-18)13-15(20)21;/h3-4,18H,2,5-13H2,1H3,(H,16,19)(H,20,21);/q;+1/p-1/b4-3+;. The molecule has 0 saturated carbocycles. The van der Waals surface area contributed by atoms with E-state index < -0.39 is 5.97 Å². The van der Waals surface area contributed by atoms with Gasteiger partial charge in [0, 0.05) is 19.7 Å². The monoisotopic (exact) mass is 306 g/mol. The number of aliphatic hydroxyl groups is 1. The van der Waals surface area contributed by atoms with Crippen LogP contribution in [0, 0.1) is 0 Å². The normalized spacial score (nSPS) is 11.9. The molecule has 22 heavy (non-hydrogen) atoms. The fourth-order valence-corrected chi connectivity index (χ4v) is 1.81. The molecule has 0 aliphatic heterocycles. The molecule has 7 heteroatoms. The quantitative estimate of drug-likeness (QED) is 0.131. The van der Waals surface area contributed by atoms with Gasteiger partial charge in [-0.05, 0) is 38.0 Å². The van der Waals surface area contributed by atoms with E-state index in [0.29, 0.717) is 32.5 Å². The second kappa shape index (κ2) is 16.6. The van der Waals surface area contributed by atoms with Crippen molar-refractivity contribution in [2.45, 2.75) is 39.0 Å². The van der Waals surface area contributed by atoms with Gasteiger partial charge in [-0.2, -0.15) is 0 Å². The molecule has 0 saturated heterocycles. The van der Waals surface area contributed by atoms with Crippen molar-refractivity contribution < 1.29 is 39.0 Å². The molecule has 0 amide bonds. The summed E-state index contributed by atoms with van der Waals surface area (Å²) in [6.45, 7) is 3.23. The number of hydrogen-bond acceptors (Lipinski definition) is 5. The first-order valence-electron chi connectivity index (χ1n) is 7.50. The van der Waals surface area contributed by atoms with Crippen LogP contribution < -0.4 is 24.0 Å². The fourth-order valence-electron chi connectivity index (χ4n) is 1.81. The number of unbranched alkanes of at least 4 members (excludes halogenated alkanes) is 1. The zero-order valence-corrected chi connectivity index (χ0v) is 13.8. The molecule has 0 heterocycles. The number of carboxylic acid groups (broad SMARTS) is 1. The minimum absolute atomic E-state index is 0. The topological polar surface area (TPSA) is 96.2 Å². The molecule has 0 rings (SSSR count). The van der Waals surface area contributed by atoms with Crippen LogP contribution in [-0.2, 0) is 4.79 Å². The van der Waals surface area contributed by atoms with Crippen LogP contribution >= 0.6 is 0 Å². The van der Waals surface area contributed by atoms with E-state index in [2.05, 4.69) is 24.1 Å². The largest absolute Gasteiger partial charge is 1.00 e. The Kier molecular flexibility index (Phi) is 17.7. The minimum atomic E-state index is -0.915. The second-order valence-electron chi connectivity index (χ2n) is 4.79. The predicted octanol–water partition coefficient (Wildman–Crippen LogP) is -2.35. The first-order chi connectivity index (χ1) is 10.1. The van der Waals surface area contributed by atoms with Crippen molar-refractivity contribution >= 4 is 11.9 Å². The van der Waals surface area contributed by atoms with E-state index in [4.69, 9.17) is 10.2 Å². The maximum absolute atomic E-state index is 11.5. The molecule has 0 aromatic heterocycles. The summed E-state index contributed by atoms with van der Waals surface area (Å²) in [6, 6.07) is 0. The number of allylic oxidation sites excluding steroid dienone is 2. The molecule has 0 aromatic carbocycles. The van der Waals surface area contributed by atoms with E-state index in [0.717, 1.165) is 19.3 Å². The Morgan fingerprint density at radius 2 is 2.00 bits per heavy atom. The van der Waals surface area contributed by atoms with Crippen LogP contribution in [0.1, 0.15) is 39.0 Å². The third-order valence-electron chi connectivity index (χ3n) is 2.86. The van der Waals surface area contributed by atoms with Crippen molar-refractivity contribution in [1.29, 1.82) is 0 Å². The van der Waals surface area contributed by atoms with E-state index in [-0.39, 0.29) is 37.9 Å². The number of hydrogen-bond donors (Lipinski definition) is 2. The van der Waals surface area contributed by atoms with Crippen molar-refractivity contribution in [2.24, 2.45) is 4.99 Å². The second-order valence-corrected chi connectivity index (χ2v) is 4.79. The predicted molar refractivity (Wildman–Crippen MR) is 81.4 cm³/mol. The molecule has 122 valence electrons. The molecular formula is C15H27LiN2O4. The third-order valence-corrected chi connectivity index (χ3v) is 2.86. The van der Waals surface area contributed by atoms with Crippen molar-refractivity contribution in [3.63, 3.8) is 0 Å². The molecule has 0 aromatic rings. The van der Waals surface area contributed by atoms with Crippen LogP contribution in [0.4, 0.5) is 0 Å². The van der Waals surface area contributed by atoms with E-state index in [9.17, 15) is 9.90 Å². The number of rotatable bonds is 13. The number of aliphatic hydroxyl groups excluding tert-OH is 1. The average molecular weight is 306 g/mol. The summed E-state index contributed by atoms with van der Waals surface area (Å²) in [5, 5.41) is 29.1. The SMILES string of the molecule is CC/C=C/CCCC([O-])=NCCN(CCCO)CC(=O)O.[Li+]. The van der Waals surface area contributed by atoms with Crippen LogP contribution in [0.25, 0.3) is 0 Å². The van der Waals surface area contributed by atoms with Gasteiger partial charge in [-0.25, -0.2) is 0 Å². The summed E-state index contributed by atoms with van der Waals surface area (Å²) in [5.74, 6) is -1.04. The van der Waals surface area contributed by atoms with Crippen LogP contribution in [-0.4, -0.2) is 59.8 Å². The van der Waals surface area contributed by atoms with Crippen LogP contribution in [0.15, 0.2) is 17.1 Å². The third kappa shape index (κ3) is 15.6. The summed E-state index contributed by atoms with van der Waals surface area (Å²) in [6.07, 6.45) is 7.78.